The van der Waals surface area contributed by atoms with Gasteiger partial charge in [-0.25, -0.2) is 0 Å². The van der Waals surface area contributed by atoms with E-state index in [-0.39, 0.29) is 0 Å². The first-order valence-electron chi connectivity index (χ1n) is 4.91. The van der Waals surface area contributed by atoms with Crippen molar-refractivity contribution < 1.29 is 0 Å². The minimum absolute atomic E-state index is 1.05. The van der Waals surface area contributed by atoms with Crippen molar-refractivity contribution in [3.8, 4) is 0 Å². The highest BCUT2D eigenvalue weighted by Crippen LogP contribution is 2.35. The van der Waals surface area contributed by atoms with Gasteiger partial charge in [0.1, 0.15) is 0 Å². The van der Waals surface area contributed by atoms with E-state index in [1.54, 1.807) is 0 Å². The van der Waals surface area contributed by atoms with Gasteiger partial charge < -0.3 is 0 Å². The molecule has 0 bridgehead atoms. The van der Waals surface area contributed by atoms with Crippen molar-refractivity contribution in [2.75, 3.05) is 0 Å². The van der Waals surface area contributed by atoms with Gasteiger partial charge in [-0.1, -0.05) is 12.1 Å². The number of hydrogen-bond acceptors (Lipinski definition) is 2. The molecule has 20 heavy (non-hydrogen) atoms. The van der Waals surface area contributed by atoms with Gasteiger partial charge >= 0.3 is 0 Å². The molecule has 108 valence electrons. The number of halogens is 6. The third-order valence-corrected chi connectivity index (χ3v) is 14.6. The van der Waals surface area contributed by atoms with Crippen molar-refractivity contribution in [3.05, 3.63) is 45.7 Å². The smallest absolute Gasteiger partial charge is 0.0420 e. The fourth-order valence-electron chi connectivity index (χ4n) is 1.05. The van der Waals surface area contributed by atoms with Crippen molar-refractivity contribution in [2.45, 2.75) is 9.79 Å². The minimum Gasteiger partial charge on any atom is -0.142 e. The van der Waals surface area contributed by atoms with Crippen LogP contribution in [0.25, 0.3) is 0 Å². The van der Waals surface area contributed by atoms with Crippen molar-refractivity contribution in [3.63, 3.8) is 0 Å². The van der Waals surface area contributed by atoms with Crippen molar-refractivity contribution in [1.82, 2.24) is 0 Å². The first-order chi connectivity index (χ1) is 9.27. The third kappa shape index (κ3) is 6.11. The van der Waals surface area contributed by atoms with Crippen LogP contribution in [0.4, 0.5) is 0 Å². The van der Waals surface area contributed by atoms with Crippen LogP contribution in [0.2, 0.25) is 0 Å². The van der Waals surface area contributed by atoms with Gasteiger partial charge in [0, 0.05) is 31.2 Å². The summed E-state index contributed by atoms with van der Waals surface area (Å²) in [6, 6.07) is 7.99. The highest BCUT2D eigenvalue weighted by atomic mass is 127. The van der Waals surface area contributed by atoms with Crippen LogP contribution in [0.5, 0.6) is 0 Å². The molecule has 0 saturated heterocycles. The molecule has 0 aliphatic carbocycles. The van der Waals surface area contributed by atoms with Crippen LogP contribution < -0.4 is 0 Å². The quantitative estimate of drug-likeness (QED) is 0.116. The molecule has 0 fully saturated rings. The van der Waals surface area contributed by atoms with Crippen molar-refractivity contribution in [1.29, 1.82) is 0 Å². The second-order valence-corrected chi connectivity index (χ2v) is 10.9. The fourth-order valence-corrected chi connectivity index (χ4v) is 7.00. The Morgan fingerprint density at radius 2 is 1.00 bits per heavy atom. The maximum atomic E-state index is 4.47. The molecular weight excluding hydrogens is 970 g/mol. The molecule has 2 aromatic rings. The highest BCUT2D eigenvalue weighted by molar-refractivity contribution is 14.1. The largest absolute Gasteiger partial charge is 0.142 e. The lowest BCUT2D eigenvalue weighted by Gasteiger charge is -2.08. The van der Waals surface area contributed by atoms with Gasteiger partial charge in [-0.2, -0.15) is 0 Å². The first-order valence-corrected chi connectivity index (χ1v) is 12.3. The molecule has 0 atom stereocenters. The van der Waals surface area contributed by atoms with E-state index in [1.807, 2.05) is 24.3 Å². The predicted molar refractivity (Wildman–Crippen MR) is 144 cm³/mol. The molecule has 0 aromatic heterocycles. The molecule has 0 aliphatic heterocycles. The van der Waals surface area contributed by atoms with E-state index >= 15 is 0 Å². The molecular formula is C12H6I6S2. The van der Waals surface area contributed by atoms with Gasteiger partial charge in [0.2, 0.25) is 0 Å². The van der Waals surface area contributed by atoms with E-state index < -0.39 is 0 Å². The Morgan fingerprint density at radius 3 is 1.35 bits per heavy atom. The van der Waals surface area contributed by atoms with E-state index in [9.17, 15) is 0 Å². The zero-order chi connectivity index (χ0) is 15.4. The van der Waals surface area contributed by atoms with E-state index in [2.05, 4.69) is 161 Å². The third-order valence-electron chi connectivity index (χ3n) is 2.04. The summed E-state index contributed by atoms with van der Waals surface area (Å²) in [6.45, 7) is 0. The van der Waals surface area contributed by atoms with E-state index in [0.29, 0.717) is 0 Å². The van der Waals surface area contributed by atoms with Crippen LogP contribution >= 0.6 is 161 Å². The Hall–Kier alpha value is 3.52. The Kier molecular flexibility index (Phi) is 11.3. The summed E-state index contributed by atoms with van der Waals surface area (Å²) < 4.78 is 7.66. The molecule has 0 heterocycles. The molecule has 0 saturated carbocycles. The van der Waals surface area contributed by atoms with Gasteiger partial charge in [-0.15, -0.1) is 25.3 Å². The second kappa shape index (κ2) is 10.5. The standard InChI is InChI=1S/C6HI5S.C6H5IS/c7-1-2(8)4(10)6(12)5(11)3(1)9;7-5-3-1-2-4-6(5)8/h12H;1-4,8H. The van der Waals surface area contributed by atoms with Gasteiger partial charge in [-0.3, -0.25) is 0 Å². The maximum Gasteiger partial charge on any atom is 0.0420 e. The van der Waals surface area contributed by atoms with Crippen LogP contribution in [0.3, 0.4) is 0 Å². The van der Waals surface area contributed by atoms with Crippen molar-refractivity contribution in [2.24, 2.45) is 0 Å². The molecule has 8 heteroatoms. The summed E-state index contributed by atoms with van der Waals surface area (Å²) in [5, 5.41) is 0. The normalized spacial score (nSPS) is 10.0. The Morgan fingerprint density at radius 1 is 0.600 bits per heavy atom. The van der Waals surface area contributed by atoms with Crippen LogP contribution in [0.1, 0.15) is 0 Å². The van der Waals surface area contributed by atoms with Crippen LogP contribution in [0, 0.1) is 21.4 Å². The summed E-state index contributed by atoms with van der Waals surface area (Å²) in [5.74, 6) is 0. The molecule has 2 rings (SSSR count). The molecule has 0 radical (unpaired) electrons. The highest BCUT2D eigenvalue weighted by Gasteiger charge is 2.14. The van der Waals surface area contributed by atoms with Crippen molar-refractivity contribution >= 4 is 161 Å². The van der Waals surface area contributed by atoms with Crippen LogP contribution in [-0.2, 0) is 0 Å². The summed E-state index contributed by atoms with van der Waals surface area (Å²) in [5.41, 5.74) is 0. The summed E-state index contributed by atoms with van der Waals surface area (Å²) in [6.07, 6.45) is 0. The van der Waals surface area contributed by atoms with Gasteiger partial charge in [0.05, 0.1) is 0 Å². The Labute approximate surface area is 211 Å². The number of benzene rings is 2. The van der Waals surface area contributed by atoms with E-state index in [0.717, 1.165) is 9.79 Å². The monoisotopic (exact) mass is 975 g/mol. The molecule has 0 spiro atoms. The Bertz CT molecular complexity index is 504. The number of thiol groups is 2. The van der Waals surface area contributed by atoms with E-state index in [4.69, 9.17) is 0 Å². The van der Waals surface area contributed by atoms with Gasteiger partial charge in [-0.05, 0) is 148 Å². The fraction of sp³-hybridized carbons (Fsp3) is 0. The molecule has 0 unspecified atom stereocenters. The summed E-state index contributed by atoms with van der Waals surface area (Å²) in [7, 11) is 0. The first kappa shape index (κ1) is 21.6. The lowest BCUT2D eigenvalue weighted by Crippen LogP contribution is -1.96. The van der Waals surface area contributed by atoms with Crippen LogP contribution in [-0.4, -0.2) is 0 Å². The molecule has 0 nitrogen and oxygen atoms in total. The lowest BCUT2D eigenvalue weighted by atomic mass is 10.4. The van der Waals surface area contributed by atoms with Crippen LogP contribution in [0.15, 0.2) is 34.1 Å². The number of rotatable bonds is 0. The summed E-state index contributed by atoms with van der Waals surface area (Å²) >= 11 is 22.7. The zero-order valence-corrected chi connectivity index (χ0v) is 24.2. The van der Waals surface area contributed by atoms with E-state index in [1.165, 1.54) is 21.4 Å². The Balaban J connectivity index is 0.000000217. The lowest BCUT2D eigenvalue weighted by molar-refractivity contribution is 1.28. The second-order valence-electron chi connectivity index (χ2n) is 3.37. The predicted octanol–water partition coefficient (Wildman–Crippen LogP) is 7.58. The SMILES string of the molecule is Sc1c(I)c(I)c(I)c(I)c1I.Sc1ccccc1I. The maximum absolute atomic E-state index is 4.47. The molecule has 0 aliphatic rings. The number of hydrogen-bond donors (Lipinski definition) is 2. The molecule has 2 aromatic carbocycles. The topological polar surface area (TPSA) is 0 Å². The average molecular weight is 976 g/mol. The summed E-state index contributed by atoms with van der Waals surface area (Å²) in [4.78, 5) is 2.15. The van der Waals surface area contributed by atoms with Gasteiger partial charge in [0.25, 0.3) is 0 Å². The zero-order valence-electron chi connectivity index (χ0n) is 9.47. The minimum atomic E-state index is 1.05. The molecule has 0 amide bonds. The molecule has 0 N–H and O–H groups in total. The van der Waals surface area contributed by atoms with Gasteiger partial charge in [0.15, 0.2) is 0 Å². The average Bonchev–Trinajstić information content (AvgIpc) is 2.45.